The lowest BCUT2D eigenvalue weighted by atomic mass is 9.66. The zero-order valence-corrected chi connectivity index (χ0v) is 27.1. The molecule has 0 bridgehead atoms. The Labute approximate surface area is 266 Å². The van der Waals surface area contributed by atoms with E-state index in [0.29, 0.717) is 42.7 Å². The first kappa shape index (κ1) is 31.3. The first-order chi connectivity index (χ1) is 21.5. The molecule has 3 N–H and O–H groups in total. The second kappa shape index (κ2) is 12.2. The Morgan fingerprint density at radius 1 is 0.978 bits per heavy atom. The lowest BCUT2D eigenvalue weighted by Gasteiger charge is -2.42. The van der Waals surface area contributed by atoms with Gasteiger partial charge in [0.1, 0.15) is 11.7 Å². The van der Waals surface area contributed by atoms with Gasteiger partial charge in [-0.15, -0.1) is 0 Å². The van der Waals surface area contributed by atoms with Crippen molar-refractivity contribution in [2.75, 3.05) is 18.4 Å². The number of hydrogen-bond donors (Lipinski definition) is 3. The smallest absolute Gasteiger partial charge is 0.270 e. The quantitative estimate of drug-likeness (QED) is 0.350. The maximum Gasteiger partial charge on any atom is 0.270 e. The van der Waals surface area contributed by atoms with Crippen LogP contribution in [0.2, 0.25) is 0 Å². The average molecular weight is 617 g/mol. The van der Waals surface area contributed by atoms with Crippen molar-refractivity contribution in [3.63, 3.8) is 0 Å². The molecule has 0 radical (unpaired) electrons. The Hall–Kier alpha value is -3.69. The highest BCUT2D eigenvalue weighted by atomic mass is 16.2. The second-order valence-electron chi connectivity index (χ2n) is 14.5. The number of carbonyl (C=O) groups is 4. The standard InChI is InChI=1S/C35H48N6O4/c1-22(24-8-5-9-24)37-33(45)35(17-19-41(21-35)23(2)42)26-12-7-13-27(20-26)38-32(44)30(39-31(43)28-14-18-36-40(28)4)29(25-10-6-11-25)34(3)15-16-34/h7,12-14,18,20,22,24-25,29-30H,5-6,8-11,15-17,19,21H2,1-4H3,(H,37,45)(H,38,44)(H,39,43)/t22?,29?,30-,35?/m0/s1. The first-order valence-corrected chi connectivity index (χ1v) is 16.8. The van der Waals surface area contributed by atoms with Crippen LogP contribution in [-0.2, 0) is 26.8 Å². The van der Waals surface area contributed by atoms with E-state index >= 15 is 0 Å². The van der Waals surface area contributed by atoms with Gasteiger partial charge in [0.15, 0.2) is 0 Å². The van der Waals surface area contributed by atoms with E-state index in [-0.39, 0.29) is 41.0 Å². The SMILES string of the molecule is CC(=O)N1CCC(C(=O)NC(C)C2CCC2)(c2cccc(NC(=O)[C@@H](NC(=O)c3ccnn3C)C(C3CCC3)C3(C)CC3)c2)C1. The van der Waals surface area contributed by atoms with E-state index in [2.05, 4.69) is 34.9 Å². The summed E-state index contributed by atoms with van der Waals surface area (Å²) < 4.78 is 1.52. The molecule has 2 heterocycles. The topological polar surface area (TPSA) is 125 Å². The molecule has 4 amide bonds. The Morgan fingerprint density at radius 2 is 1.69 bits per heavy atom. The van der Waals surface area contributed by atoms with E-state index in [1.165, 1.54) is 11.1 Å². The normalized spacial score (nSPS) is 24.5. The van der Waals surface area contributed by atoms with Gasteiger partial charge in [-0.05, 0) is 86.0 Å². The van der Waals surface area contributed by atoms with Crippen LogP contribution in [0.1, 0.15) is 94.6 Å². The number of nitrogens with zero attached hydrogens (tertiary/aromatic N) is 3. The van der Waals surface area contributed by atoms with Gasteiger partial charge in [0.05, 0.1) is 5.41 Å². The molecule has 4 atom stereocenters. The molecule has 1 saturated heterocycles. The van der Waals surface area contributed by atoms with E-state index in [9.17, 15) is 19.2 Å². The van der Waals surface area contributed by atoms with Crippen molar-refractivity contribution >= 4 is 29.3 Å². The molecule has 242 valence electrons. The van der Waals surface area contributed by atoms with Crippen LogP contribution in [0.25, 0.3) is 0 Å². The molecular formula is C35H48N6O4. The van der Waals surface area contributed by atoms with Crippen molar-refractivity contribution in [1.29, 1.82) is 0 Å². The summed E-state index contributed by atoms with van der Waals surface area (Å²) in [7, 11) is 1.72. The van der Waals surface area contributed by atoms with Gasteiger partial charge in [0.2, 0.25) is 17.7 Å². The van der Waals surface area contributed by atoms with Gasteiger partial charge in [0.25, 0.3) is 5.91 Å². The summed E-state index contributed by atoms with van der Waals surface area (Å²) in [6.45, 7) is 6.65. The highest BCUT2D eigenvalue weighted by Crippen LogP contribution is 2.58. The van der Waals surface area contributed by atoms with Gasteiger partial charge in [-0.2, -0.15) is 5.10 Å². The van der Waals surface area contributed by atoms with E-state index in [0.717, 1.165) is 50.5 Å². The molecule has 1 aliphatic heterocycles. The molecule has 1 aromatic heterocycles. The minimum atomic E-state index is -0.909. The van der Waals surface area contributed by atoms with Crippen molar-refractivity contribution in [2.24, 2.45) is 30.2 Å². The Kier molecular flexibility index (Phi) is 8.52. The molecule has 6 rings (SSSR count). The summed E-state index contributed by atoms with van der Waals surface area (Å²) in [5, 5.41) is 13.7. The van der Waals surface area contributed by atoms with Crippen molar-refractivity contribution < 1.29 is 19.2 Å². The number of hydrogen-bond acceptors (Lipinski definition) is 5. The lowest BCUT2D eigenvalue weighted by molar-refractivity contribution is -0.130. The van der Waals surface area contributed by atoms with Crippen LogP contribution in [0.15, 0.2) is 36.5 Å². The predicted molar refractivity (Wildman–Crippen MR) is 171 cm³/mol. The molecule has 45 heavy (non-hydrogen) atoms. The minimum Gasteiger partial charge on any atom is -0.353 e. The largest absolute Gasteiger partial charge is 0.353 e. The van der Waals surface area contributed by atoms with Gasteiger partial charge in [-0.25, -0.2) is 0 Å². The number of nitrogens with one attached hydrogen (secondary N) is 3. The molecule has 0 spiro atoms. The van der Waals surface area contributed by atoms with Crippen LogP contribution in [-0.4, -0.2) is 63.5 Å². The fraction of sp³-hybridized carbons (Fsp3) is 0.629. The zero-order valence-electron chi connectivity index (χ0n) is 27.1. The monoisotopic (exact) mass is 616 g/mol. The summed E-state index contributed by atoms with van der Waals surface area (Å²) in [4.78, 5) is 55.8. The Balaban J connectivity index is 1.27. The maximum absolute atomic E-state index is 14.2. The lowest BCUT2D eigenvalue weighted by Crippen LogP contribution is -2.54. The molecule has 2 aromatic rings. The number of aromatic nitrogens is 2. The van der Waals surface area contributed by atoms with E-state index in [1.54, 1.807) is 31.1 Å². The van der Waals surface area contributed by atoms with Crippen LogP contribution in [0.5, 0.6) is 0 Å². The average Bonchev–Trinajstić information content (AvgIpc) is 3.31. The van der Waals surface area contributed by atoms with E-state index < -0.39 is 11.5 Å². The van der Waals surface area contributed by atoms with Crippen molar-refractivity contribution in [3.8, 4) is 0 Å². The number of amides is 4. The third-order valence-corrected chi connectivity index (χ3v) is 11.5. The molecule has 3 unspecified atom stereocenters. The third kappa shape index (κ3) is 6.12. The molecule has 3 aliphatic carbocycles. The molecule has 4 aliphatic rings. The van der Waals surface area contributed by atoms with Crippen molar-refractivity contribution in [3.05, 3.63) is 47.8 Å². The second-order valence-corrected chi connectivity index (χ2v) is 14.5. The number of anilines is 1. The van der Waals surface area contributed by atoms with Gasteiger partial charge in [-0.1, -0.05) is 44.7 Å². The minimum absolute atomic E-state index is 0.00789. The van der Waals surface area contributed by atoms with Gasteiger partial charge in [-0.3, -0.25) is 23.9 Å². The summed E-state index contributed by atoms with van der Waals surface area (Å²) in [6.07, 6.45) is 10.9. The van der Waals surface area contributed by atoms with E-state index in [1.807, 2.05) is 24.3 Å². The zero-order chi connectivity index (χ0) is 31.9. The van der Waals surface area contributed by atoms with Crippen LogP contribution in [0, 0.1) is 23.2 Å². The van der Waals surface area contributed by atoms with Gasteiger partial charge < -0.3 is 20.9 Å². The van der Waals surface area contributed by atoms with Crippen LogP contribution in [0.4, 0.5) is 5.69 Å². The Bertz CT molecular complexity index is 1460. The third-order valence-electron chi connectivity index (χ3n) is 11.5. The summed E-state index contributed by atoms with van der Waals surface area (Å²) in [6, 6.07) is 8.51. The van der Waals surface area contributed by atoms with Crippen LogP contribution < -0.4 is 16.0 Å². The van der Waals surface area contributed by atoms with Gasteiger partial charge in [0, 0.05) is 45.0 Å². The molecule has 1 aromatic carbocycles. The first-order valence-electron chi connectivity index (χ1n) is 16.8. The fourth-order valence-corrected chi connectivity index (χ4v) is 7.85. The molecule has 10 heteroatoms. The van der Waals surface area contributed by atoms with E-state index in [4.69, 9.17) is 0 Å². The summed E-state index contributed by atoms with van der Waals surface area (Å²) in [5.41, 5.74) is 0.860. The van der Waals surface area contributed by atoms with Crippen LogP contribution in [0.3, 0.4) is 0 Å². The fourth-order valence-electron chi connectivity index (χ4n) is 7.85. The number of carbonyl (C=O) groups excluding carboxylic acids is 4. The Morgan fingerprint density at radius 3 is 2.24 bits per heavy atom. The molecule has 3 saturated carbocycles. The summed E-state index contributed by atoms with van der Waals surface area (Å²) in [5.74, 6) is 0.205. The number of aryl methyl sites for hydroxylation is 1. The van der Waals surface area contributed by atoms with Crippen LogP contribution >= 0.6 is 0 Å². The predicted octanol–water partition coefficient (Wildman–Crippen LogP) is 4.17. The number of benzene rings is 1. The summed E-state index contributed by atoms with van der Waals surface area (Å²) >= 11 is 0. The molecule has 10 nitrogen and oxygen atoms in total. The molecule has 4 fully saturated rings. The number of rotatable bonds is 11. The maximum atomic E-state index is 14.2. The van der Waals surface area contributed by atoms with Gasteiger partial charge >= 0.3 is 0 Å². The molecular weight excluding hydrogens is 568 g/mol. The van der Waals surface area contributed by atoms with Crippen molar-refractivity contribution in [1.82, 2.24) is 25.3 Å². The highest BCUT2D eigenvalue weighted by molar-refractivity contribution is 6.01. The highest BCUT2D eigenvalue weighted by Gasteiger charge is 2.54. The van der Waals surface area contributed by atoms with Crippen molar-refractivity contribution in [2.45, 2.75) is 96.1 Å². The number of likely N-dealkylation sites (tertiary alicyclic amines) is 1.